The number of anilines is 3. The lowest BCUT2D eigenvalue weighted by molar-refractivity contribution is 1.18. The first-order valence-electron chi connectivity index (χ1n) is 19.2. The minimum Gasteiger partial charge on any atom is -0.310 e. The highest BCUT2D eigenvalue weighted by Gasteiger charge is 2.21. The Morgan fingerprint density at radius 3 is 1.45 bits per heavy atom. The van der Waals surface area contributed by atoms with Gasteiger partial charge in [0.1, 0.15) is 0 Å². The molecule has 0 spiro atoms. The third-order valence-electron chi connectivity index (χ3n) is 10.8. The Bertz CT molecular complexity index is 2930. The SMILES string of the molecule is c1ccc(-c2ccc(N(c3ccc4c5ccccc5n(-c5ccccc5)c4c3)c3ccc(-c4ccccc4-c4ccccc4)cc3-c3ccccc3)cc2)cc1. The molecule has 10 rings (SSSR count). The van der Waals surface area contributed by atoms with Crippen LogP contribution in [0.1, 0.15) is 0 Å². The lowest BCUT2D eigenvalue weighted by Gasteiger charge is -2.29. The van der Waals surface area contributed by atoms with Crippen molar-refractivity contribution in [3.05, 3.63) is 231 Å². The van der Waals surface area contributed by atoms with Crippen LogP contribution in [0.3, 0.4) is 0 Å². The Morgan fingerprint density at radius 1 is 0.286 bits per heavy atom. The van der Waals surface area contributed by atoms with Crippen LogP contribution in [0.4, 0.5) is 17.1 Å². The quantitative estimate of drug-likeness (QED) is 0.152. The van der Waals surface area contributed by atoms with Crippen LogP contribution >= 0.6 is 0 Å². The second-order valence-electron chi connectivity index (χ2n) is 14.1. The van der Waals surface area contributed by atoms with E-state index in [9.17, 15) is 0 Å². The Kier molecular flexibility index (Phi) is 8.55. The third-order valence-corrected chi connectivity index (χ3v) is 10.8. The number of para-hydroxylation sites is 2. The summed E-state index contributed by atoms with van der Waals surface area (Å²) in [5.41, 5.74) is 16.3. The maximum absolute atomic E-state index is 2.43. The Labute approximate surface area is 327 Å². The van der Waals surface area contributed by atoms with E-state index in [1.54, 1.807) is 0 Å². The molecule has 0 bridgehead atoms. The molecule has 56 heavy (non-hydrogen) atoms. The van der Waals surface area contributed by atoms with E-state index in [0.717, 1.165) is 39.4 Å². The molecule has 0 aliphatic rings. The molecule has 0 amide bonds. The summed E-state index contributed by atoms with van der Waals surface area (Å²) in [4.78, 5) is 2.43. The zero-order valence-corrected chi connectivity index (χ0v) is 30.8. The highest BCUT2D eigenvalue weighted by atomic mass is 15.1. The number of hydrogen-bond donors (Lipinski definition) is 0. The molecule has 10 aromatic rings. The lowest BCUT2D eigenvalue weighted by Crippen LogP contribution is -2.11. The van der Waals surface area contributed by atoms with Gasteiger partial charge in [-0.05, 0) is 93.5 Å². The maximum Gasteiger partial charge on any atom is 0.0561 e. The summed E-state index contributed by atoms with van der Waals surface area (Å²) in [5, 5.41) is 2.46. The molecule has 0 N–H and O–H groups in total. The minimum atomic E-state index is 1.08. The first kappa shape index (κ1) is 33.2. The number of benzene rings is 9. The summed E-state index contributed by atoms with van der Waals surface area (Å²) >= 11 is 0. The van der Waals surface area contributed by atoms with Crippen molar-refractivity contribution < 1.29 is 0 Å². The fraction of sp³-hybridized carbons (Fsp3) is 0. The van der Waals surface area contributed by atoms with E-state index in [-0.39, 0.29) is 0 Å². The van der Waals surface area contributed by atoms with E-state index in [4.69, 9.17) is 0 Å². The Hall–Kier alpha value is -7.42. The van der Waals surface area contributed by atoms with Crippen molar-refractivity contribution in [2.45, 2.75) is 0 Å². The van der Waals surface area contributed by atoms with Crippen molar-refractivity contribution in [1.29, 1.82) is 0 Å². The van der Waals surface area contributed by atoms with Gasteiger partial charge in [-0.15, -0.1) is 0 Å². The van der Waals surface area contributed by atoms with Crippen LogP contribution in [-0.4, -0.2) is 4.57 Å². The fourth-order valence-electron chi connectivity index (χ4n) is 8.17. The molecule has 0 atom stereocenters. The van der Waals surface area contributed by atoms with Gasteiger partial charge in [0.05, 0.1) is 16.7 Å². The number of rotatable bonds is 8. The van der Waals surface area contributed by atoms with Crippen LogP contribution in [-0.2, 0) is 0 Å². The first-order chi connectivity index (χ1) is 27.8. The van der Waals surface area contributed by atoms with E-state index >= 15 is 0 Å². The van der Waals surface area contributed by atoms with Gasteiger partial charge in [-0.2, -0.15) is 0 Å². The molecule has 9 aromatic carbocycles. The molecule has 2 heteroatoms. The van der Waals surface area contributed by atoms with Gasteiger partial charge in [0.15, 0.2) is 0 Å². The number of fused-ring (bicyclic) bond motifs is 3. The van der Waals surface area contributed by atoms with E-state index < -0.39 is 0 Å². The molecule has 0 aliphatic heterocycles. The normalized spacial score (nSPS) is 11.2. The van der Waals surface area contributed by atoms with Crippen molar-refractivity contribution in [3.63, 3.8) is 0 Å². The second-order valence-corrected chi connectivity index (χ2v) is 14.1. The Balaban J connectivity index is 1.21. The van der Waals surface area contributed by atoms with Crippen molar-refractivity contribution in [2.24, 2.45) is 0 Å². The van der Waals surface area contributed by atoms with Crippen LogP contribution in [0.5, 0.6) is 0 Å². The summed E-state index contributed by atoms with van der Waals surface area (Å²) in [5.74, 6) is 0. The van der Waals surface area contributed by atoms with Gasteiger partial charge in [0, 0.05) is 33.4 Å². The van der Waals surface area contributed by atoms with Gasteiger partial charge in [-0.1, -0.05) is 176 Å². The Morgan fingerprint density at radius 2 is 0.768 bits per heavy atom. The van der Waals surface area contributed by atoms with Crippen LogP contribution in [0.15, 0.2) is 231 Å². The third kappa shape index (κ3) is 6.04. The van der Waals surface area contributed by atoms with E-state index in [1.807, 2.05) is 0 Å². The molecule has 0 saturated heterocycles. The molecular formula is C54H38N2. The molecule has 0 radical (unpaired) electrons. The van der Waals surface area contributed by atoms with Crippen molar-refractivity contribution in [2.75, 3.05) is 4.90 Å². The molecule has 0 unspecified atom stereocenters. The molecule has 264 valence electrons. The van der Waals surface area contributed by atoms with Gasteiger partial charge < -0.3 is 9.47 Å². The molecule has 0 aliphatic carbocycles. The monoisotopic (exact) mass is 714 g/mol. The number of aromatic nitrogens is 1. The highest BCUT2D eigenvalue weighted by Crippen LogP contribution is 2.45. The molecule has 2 nitrogen and oxygen atoms in total. The predicted octanol–water partition coefficient (Wildman–Crippen LogP) is 14.9. The summed E-state index contributed by atoms with van der Waals surface area (Å²) in [6.07, 6.45) is 0. The van der Waals surface area contributed by atoms with Gasteiger partial charge in [0.2, 0.25) is 0 Å². The number of nitrogens with zero attached hydrogens (tertiary/aromatic N) is 2. The second kappa shape index (κ2) is 14.4. The van der Waals surface area contributed by atoms with Gasteiger partial charge in [-0.3, -0.25) is 0 Å². The van der Waals surface area contributed by atoms with Crippen LogP contribution < -0.4 is 4.90 Å². The van der Waals surface area contributed by atoms with Crippen molar-refractivity contribution in [1.82, 2.24) is 4.57 Å². The largest absolute Gasteiger partial charge is 0.310 e. The minimum absolute atomic E-state index is 1.08. The zero-order chi connectivity index (χ0) is 37.3. The summed E-state index contributed by atoms with van der Waals surface area (Å²) in [6, 6.07) is 83.1. The smallest absolute Gasteiger partial charge is 0.0561 e. The number of hydrogen-bond acceptors (Lipinski definition) is 1. The molecule has 1 heterocycles. The van der Waals surface area contributed by atoms with Gasteiger partial charge in [-0.25, -0.2) is 0 Å². The van der Waals surface area contributed by atoms with E-state index in [0.29, 0.717) is 0 Å². The van der Waals surface area contributed by atoms with Crippen molar-refractivity contribution in [3.8, 4) is 50.2 Å². The van der Waals surface area contributed by atoms with Crippen molar-refractivity contribution >= 4 is 38.9 Å². The fourth-order valence-corrected chi connectivity index (χ4v) is 8.17. The maximum atomic E-state index is 2.43. The summed E-state index contributed by atoms with van der Waals surface area (Å²) in [7, 11) is 0. The zero-order valence-electron chi connectivity index (χ0n) is 30.8. The standard InChI is InChI=1S/C54H38N2/c1-5-17-39(18-6-1)40-29-32-45(33-30-40)55(46-34-35-50-49-27-15-16-28-52(49)56(54(50)38-46)44-23-11-4-12-24-44)53-36-31-43(37-51(53)42-21-9-3-10-22-42)48-26-14-13-25-47(48)41-19-7-2-8-20-41/h1-38H. The topological polar surface area (TPSA) is 8.17 Å². The van der Waals surface area contributed by atoms with E-state index in [2.05, 4.69) is 240 Å². The summed E-state index contributed by atoms with van der Waals surface area (Å²) < 4.78 is 2.40. The highest BCUT2D eigenvalue weighted by molar-refractivity contribution is 6.10. The molecule has 0 saturated carbocycles. The van der Waals surface area contributed by atoms with Gasteiger partial charge in [0.25, 0.3) is 0 Å². The molecular weight excluding hydrogens is 677 g/mol. The predicted molar refractivity (Wildman–Crippen MR) is 237 cm³/mol. The average molecular weight is 715 g/mol. The van der Waals surface area contributed by atoms with E-state index in [1.165, 1.54) is 49.7 Å². The average Bonchev–Trinajstić information content (AvgIpc) is 3.62. The van der Waals surface area contributed by atoms with Crippen LogP contribution in [0, 0.1) is 0 Å². The summed E-state index contributed by atoms with van der Waals surface area (Å²) in [6.45, 7) is 0. The lowest BCUT2D eigenvalue weighted by atomic mass is 9.91. The first-order valence-corrected chi connectivity index (χ1v) is 19.2. The van der Waals surface area contributed by atoms with Crippen LogP contribution in [0.2, 0.25) is 0 Å². The van der Waals surface area contributed by atoms with Gasteiger partial charge >= 0.3 is 0 Å². The molecule has 0 fully saturated rings. The molecule has 1 aromatic heterocycles. The van der Waals surface area contributed by atoms with Crippen LogP contribution in [0.25, 0.3) is 72.0 Å².